The van der Waals surface area contributed by atoms with Crippen LogP contribution >= 0.6 is 23.5 Å². The van der Waals surface area contributed by atoms with Gasteiger partial charge in [0.1, 0.15) is 26.4 Å². The predicted molar refractivity (Wildman–Crippen MR) is 264 cm³/mol. The largest absolute Gasteiger partial charge is 0.458 e. The van der Waals surface area contributed by atoms with Gasteiger partial charge in [0.05, 0.1) is 11.1 Å². The Labute approximate surface area is 402 Å². The minimum Gasteiger partial charge on any atom is -0.458 e. The van der Waals surface area contributed by atoms with Crippen LogP contribution in [0, 0.1) is 0 Å². The average molecular weight is 959 g/mol. The number of anilines is 2. The van der Waals surface area contributed by atoms with Crippen LogP contribution in [0.1, 0.15) is 34.6 Å². The summed E-state index contributed by atoms with van der Waals surface area (Å²) in [5.41, 5.74) is 2.25. The minimum absolute atomic E-state index is 0.199. The van der Waals surface area contributed by atoms with Crippen LogP contribution in [0.3, 0.4) is 0 Å². The standard InChI is InChI=1S/2C26H25NO6S/c1-17(2)24(28)31-15-20(16-32-26(30)27-19-10-7-11-21(14-19)34-3)33-25(29)23-13-6-9-18-8-4-5-12-22(18)23;1-17(2)24(28)31-15-20(33-26(30)27-19-10-7-11-21(14-19)34-3)16-32-25(29)23-13-6-9-18-8-4-5-12-22(18)23/h2*4-14,20H,1,15-16H2,2-3H3,(H,27,30). The first-order valence-electron chi connectivity index (χ1n) is 20.9. The van der Waals surface area contributed by atoms with Gasteiger partial charge in [-0.25, -0.2) is 28.8 Å². The van der Waals surface area contributed by atoms with Crippen LogP contribution < -0.4 is 10.6 Å². The molecule has 14 nitrogen and oxygen atoms in total. The predicted octanol–water partition coefficient (Wildman–Crippen LogP) is 10.9. The number of esters is 4. The van der Waals surface area contributed by atoms with Gasteiger partial charge in [0.2, 0.25) is 0 Å². The molecule has 6 aromatic carbocycles. The fourth-order valence-electron chi connectivity index (χ4n) is 6.11. The lowest BCUT2D eigenvalue weighted by atomic mass is 10.0. The molecule has 0 saturated heterocycles. The summed E-state index contributed by atoms with van der Waals surface area (Å²) in [5.74, 6) is -2.47. The summed E-state index contributed by atoms with van der Waals surface area (Å²) in [6.07, 6.45) is 0.322. The highest BCUT2D eigenvalue weighted by Crippen LogP contribution is 2.23. The lowest BCUT2D eigenvalue weighted by Crippen LogP contribution is -2.32. The Morgan fingerprint density at radius 2 is 0.897 bits per heavy atom. The first-order chi connectivity index (χ1) is 32.7. The lowest BCUT2D eigenvalue weighted by molar-refractivity contribution is -0.143. The van der Waals surface area contributed by atoms with Gasteiger partial charge < -0.3 is 28.4 Å². The quantitative estimate of drug-likeness (QED) is 0.0359. The molecule has 2 N–H and O–H groups in total. The fourth-order valence-corrected chi connectivity index (χ4v) is 7.03. The smallest absolute Gasteiger partial charge is 0.412 e. The van der Waals surface area contributed by atoms with Crippen molar-refractivity contribution in [1.82, 2.24) is 0 Å². The summed E-state index contributed by atoms with van der Waals surface area (Å²) in [5, 5.41) is 8.50. The number of thioether (sulfide) groups is 2. The molecule has 0 radical (unpaired) electrons. The molecule has 0 saturated carbocycles. The number of ether oxygens (including phenoxy) is 6. The normalized spacial score (nSPS) is 11.4. The molecule has 0 heterocycles. The van der Waals surface area contributed by atoms with Gasteiger partial charge in [-0.15, -0.1) is 23.5 Å². The first kappa shape index (κ1) is 51.4. The average Bonchev–Trinajstić information content (AvgIpc) is 3.34. The van der Waals surface area contributed by atoms with Crippen LogP contribution in [0.2, 0.25) is 0 Å². The number of rotatable bonds is 18. The molecule has 0 aromatic heterocycles. The van der Waals surface area contributed by atoms with Crippen molar-refractivity contribution in [1.29, 1.82) is 0 Å². The molecule has 2 unspecified atom stereocenters. The third-order valence-electron chi connectivity index (χ3n) is 9.50. The number of hydrogen-bond acceptors (Lipinski definition) is 14. The van der Waals surface area contributed by atoms with Gasteiger partial charge in [-0.2, -0.15) is 0 Å². The summed E-state index contributed by atoms with van der Waals surface area (Å²) in [6.45, 7) is 8.86. The molecule has 0 fully saturated rings. The zero-order valence-corrected chi connectivity index (χ0v) is 39.4. The Bertz CT molecular complexity index is 2780. The molecule has 352 valence electrons. The van der Waals surface area contributed by atoms with Gasteiger partial charge in [0, 0.05) is 32.3 Å². The van der Waals surface area contributed by atoms with E-state index in [1.165, 1.54) is 25.6 Å². The molecule has 16 heteroatoms. The van der Waals surface area contributed by atoms with Crippen LogP contribution in [0.5, 0.6) is 0 Å². The second-order valence-electron chi connectivity index (χ2n) is 14.8. The summed E-state index contributed by atoms with van der Waals surface area (Å²) < 4.78 is 31.9. The SMILES string of the molecule is C=C(C)C(=O)OCC(COC(=O)Nc1cccc(SC)c1)OC(=O)c1cccc2ccccc12.C=C(C)C(=O)OCC(COC(=O)c1cccc2ccccc12)OC(=O)Nc1cccc(SC)c1. The monoisotopic (exact) mass is 958 g/mol. The molecular weight excluding hydrogens is 909 g/mol. The molecule has 0 aliphatic rings. The second-order valence-corrected chi connectivity index (χ2v) is 16.5. The summed E-state index contributed by atoms with van der Waals surface area (Å²) in [4.78, 5) is 76.0. The van der Waals surface area contributed by atoms with E-state index in [2.05, 4.69) is 23.8 Å². The van der Waals surface area contributed by atoms with Crippen LogP contribution in [0.25, 0.3) is 21.5 Å². The zero-order chi connectivity index (χ0) is 49.0. The van der Waals surface area contributed by atoms with Crippen molar-refractivity contribution in [2.75, 3.05) is 49.6 Å². The van der Waals surface area contributed by atoms with Crippen molar-refractivity contribution in [2.24, 2.45) is 0 Å². The Morgan fingerprint density at radius 1 is 0.485 bits per heavy atom. The molecule has 0 bridgehead atoms. The van der Waals surface area contributed by atoms with E-state index in [-0.39, 0.29) is 37.6 Å². The van der Waals surface area contributed by atoms with Crippen molar-refractivity contribution in [3.05, 3.63) is 169 Å². The summed E-state index contributed by atoms with van der Waals surface area (Å²) in [6, 6.07) is 39.9. The Balaban J connectivity index is 0.000000254. The highest BCUT2D eigenvalue weighted by molar-refractivity contribution is 7.98. The maximum Gasteiger partial charge on any atom is 0.412 e. The molecule has 0 aliphatic heterocycles. The second kappa shape index (κ2) is 26.0. The van der Waals surface area contributed by atoms with Crippen molar-refractivity contribution >= 4 is 92.5 Å². The van der Waals surface area contributed by atoms with Gasteiger partial charge in [-0.3, -0.25) is 10.6 Å². The molecule has 6 aromatic rings. The molecule has 68 heavy (non-hydrogen) atoms. The molecule has 2 atom stereocenters. The van der Waals surface area contributed by atoms with Crippen molar-refractivity contribution in [3.8, 4) is 0 Å². The number of benzene rings is 6. The fraction of sp³-hybridized carbons (Fsp3) is 0.192. The molecule has 2 amide bonds. The van der Waals surface area contributed by atoms with E-state index >= 15 is 0 Å². The Hall–Kier alpha value is -7.56. The summed E-state index contributed by atoms with van der Waals surface area (Å²) >= 11 is 3.07. The maximum atomic E-state index is 12.9. The van der Waals surface area contributed by atoms with Crippen molar-refractivity contribution in [3.63, 3.8) is 0 Å². The van der Waals surface area contributed by atoms with E-state index in [9.17, 15) is 28.8 Å². The topological polar surface area (TPSA) is 182 Å². The first-order valence-corrected chi connectivity index (χ1v) is 23.4. The highest BCUT2D eigenvalue weighted by atomic mass is 32.2. The number of nitrogens with one attached hydrogen (secondary N) is 2. The summed E-state index contributed by atoms with van der Waals surface area (Å²) in [7, 11) is 0. The van der Waals surface area contributed by atoms with Crippen molar-refractivity contribution in [2.45, 2.75) is 35.8 Å². The third-order valence-corrected chi connectivity index (χ3v) is 10.9. The Morgan fingerprint density at radius 3 is 1.40 bits per heavy atom. The molecule has 0 spiro atoms. The van der Waals surface area contributed by atoms with Gasteiger partial charge in [-0.1, -0.05) is 98.1 Å². The number of carbonyl (C=O) groups excluding carboxylic acids is 6. The van der Waals surface area contributed by atoms with E-state index in [1.54, 1.807) is 66.4 Å². The molecule has 6 rings (SSSR count). The number of amides is 2. The van der Waals surface area contributed by atoms with Gasteiger partial charge in [-0.05, 0) is 96.4 Å². The molecular formula is C52H50N2O12S2. The van der Waals surface area contributed by atoms with E-state index in [1.807, 2.05) is 91.4 Å². The van der Waals surface area contributed by atoms with Crippen LogP contribution in [-0.2, 0) is 38.0 Å². The van der Waals surface area contributed by atoms with E-state index in [0.29, 0.717) is 22.5 Å². The van der Waals surface area contributed by atoms with Crippen LogP contribution in [-0.4, -0.2) is 87.2 Å². The number of carbonyl (C=O) groups is 6. The minimum atomic E-state index is -1.02. The van der Waals surface area contributed by atoms with E-state index < -0.39 is 48.3 Å². The van der Waals surface area contributed by atoms with Gasteiger partial charge >= 0.3 is 36.1 Å². The van der Waals surface area contributed by atoms with Crippen molar-refractivity contribution < 1.29 is 57.2 Å². The third kappa shape index (κ3) is 15.8. The molecule has 0 aliphatic carbocycles. The van der Waals surface area contributed by atoms with Crippen LogP contribution in [0.4, 0.5) is 21.0 Å². The number of hydrogen-bond donors (Lipinski definition) is 2. The maximum absolute atomic E-state index is 12.9. The zero-order valence-electron chi connectivity index (χ0n) is 37.8. The van der Waals surface area contributed by atoms with Gasteiger partial charge in [0.15, 0.2) is 12.2 Å². The highest BCUT2D eigenvalue weighted by Gasteiger charge is 2.23. The van der Waals surface area contributed by atoms with E-state index in [0.717, 1.165) is 31.3 Å². The van der Waals surface area contributed by atoms with Crippen LogP contribution in [0.15, 0.2) is 168 Å². The van der Waals surface area contributed by atoms with Gasteiger partial charge in [0.25, 0.3) is 0 Å². The number of fused-ring (bicyclic) bond motifs is 2. The Kier molecular flexibility index (Phi) is 19.6. The van der Waals surface area contributed by atoms with E-state index in [4.69, 9.17) is 28.4 Å². The lowest BCUT2D eigenvalue weighted by Gasteiger charge is -2.19.